The van der Waals surface area contributed by atoms with Crippen molar-refractivity contribution in [3.63, 3.8) is 0 Å². The Labute approximate surface area is 170 Å². The normalized spacial score (nSPS) is 18.7. The van der Waals surface area contributed by atoms with E-state index in [1.165, 1.54) is 17.3 Å². The third-order valence-corrected chi connectivity index (χ3v) is 5.27. The molecular formula is C19H19F3N6O2. The number of ketones is 1. The average molecular weight is 420 g/mol. The summed E-state index contributed by atoms with van der Waals surface area (Å²) in [5.41, 5.74) is 0.570. The van der Waals surface area contributed by atoms with E-state index in [9.17, 15) is 22.8 Å². The Balaban J connectivity index is 1.63. The standard InChI is InChI=1S/C19H19F3N6O2/c1-11(19(20,21)22)8-14(29)16-24-9-13-17(26-16)28(12-5-7-27(13)10-12)18(30)25-15-4-2-3-6-23-15/h2-4,6,9,11-12H,5,7-8,10H2,1H3,(H,23,25,30)/t11-,12-/m0/s1. The number of Topliss-reactive ketones (excluding diaryl/α,β-unsaturated/α-hetero) is 1. The summed E-state index contributed by atoms with van der Waals surface area (Å²) in [5.74, 6) is -2.39. The third-order valence-electron chi connectivity index (χ3n) is 5.27. The summed E-state index contributed by atoms with van der Waals surface area (Å²) >= 11 is 0. The van der Waals surface area contributed by atoms with Gasteiger partial charge < -0.3 is 4.90 Å². The van der Waals surface area contributed by atoms with Gasteiger partial charge in [0.25, 0.3) is 0 Å². The highest BCUT2D eigenvalue weighted by molar-refractivity contribution is 6.04. The van der Waals surface area contributed by atoms with E-state index in [0.717, 1.165) is 6.92 Å². The van der Waals surface area contributed by atoms with Crippen LogP contribution in [0, 0.1) is 5.92 Å². The van der Waals surface area contributed by atoms with Crippen LogP contribution in [-0.2, 0) is 0 Å². The summed E-state index contributed by atoms with van der Waals surface area (Å²) in [5, 5.41) is 2.70. The van der Waals surface area contributed by atoms with Crippen molar-refractivity contribution in [3.05, 3.63) is 36.4 Å². The molecule has 2 aromatic rings. The van der Waals surface area contributed by atoms with Gasteiger partial charge in [0.2, 0.25) is 5.78 Å². The van der Waals surface area contributed by atoms with Crippen molar-refractivity contribution >= 4 is 29.1 Å². The van der Waals surface area contributed by atoms with Crippen LogP contribution in [-0.4, -0.2) is 52.1 Å². The molecule has 8 nitrogen and oxygen atoms in total. The molecule has 2 aliphatic rings. The van der Waals surface area contributed by atoms with E-state index in [1.54, 1.807) is 18.2 Å². The Bertz CT molecular complexity index is 968. The SMILES string of the molecule is C[C@@H](CC(=O)c1ncc2c(n1)N(C(=O)Nc1ccccn1)[C@H]1CCN2C1)C(F)(F)F. The van der Waals surface area contributed by atoms with Gasteiger partial charge in [0.1, 0.15) is 5.82 Å². The summed E-state index contributed by atoms with van der Waals surface area (Å²) in [6.07, 6.45) is -1.60. The fourth-order valence-corrected chi connectivity index (χ4v) is 3.60. The lowest BCUT2D eigenvalue weighted by Crippen LogP contribution is -2.48. The van der Waals surface area contributed by atoms with Gasteiger partial charge in [-0.25, -0.2) is 19.7 Å². The minimum absolute atomic E-state index is 0.173. The topological polar surface area (TPSA) is 91.3 Å². The molecule has 0 unspecified atom stereocenters. The first-order valence-corrected chi connectivity index (χ1v) is 9.47. The number of pyridine rings is 1. The zero-order valence-electron chi connectivity index (χ0n) is 16.1. The van der Waals surface area contributed by atoms with Gasteiger partial charge in [0.05, 0.1) is 23.8 Å². The number of rotatable bonds is 4. The van der Waals surface area contributed by atoms with Crippen LogP contribution in [0.2, 0.25) is 0 Å². The molecule has 2 bridgehead atoms. The molecular weight excluding hydrogens is 401 g/mol. The lowest BCUT2D eigenvalue weighted by atomic mass is 10.0. The molecule has 0 aromatic carbocycles. The number of carbonyl (C=O) groups excluding carboxylic acids is 2. The second-order valence-corrected chi connectivity index (χ2v) is 7.38. The maximum absolute atomic E-state index is 13.0. The molecule has 0 aliphatic carbocycles. The van der Waals surface area contributed by atoms with Crippen LogP contribution in [0.3, 0.4) is 0 Å². The average Bonchev–Trinajstić information content (AvgIpc) is 3.12. The van der Waals surface area contributed by atoms with Crippen LogP contribution < -0.4 is 15.1 Å². The first-order chi connectivity index (χ1) is 14.2. The third kappa shape index (κ3) is 3.79. The number of urea groups is 1. The lowest BCUT2D eigenvalue weighted by molar-refractivity contribution is -0.168. The molecule has 2 aromatic heterocycles. The van der Waals surface area contributed by atoms with E-state index in [2.05, 4.69) is 20.3 Å². The second-order valence-electron chi connectivity index (χ2n) is 7.38. The molecule has 1 fully saturated rings. The Morgan fingerprint density at radius 2 is 2.10 bits per heavy atom. The lowest BCUT2D eigenvalue weighted by Gasteiger charge is -2.35. The van der Waals surface area contributed by atoms with Crippen molar-refractivity contribution in [2.75, 3.05) is 28.2 Å². The fraction of sp³-hybridized carbons (Fsp3) is 0.421. The number of hydrogen-bond donors (Lipinski definition) is 1. The summed E-state index contributed by atoms with van der Waals surface area (Å²) in [6.45, 7) is 2.21. The van der Waals surface area contributed by atoms with E-state index in [0.29, 0.717) is 31.0 Å². The Hall–Kier alpha value is -3.24. The molecule has 0 radical (unpaired) electrons. The van der Waals surface area contributed by atoms with Crippen molar-refractivity contribution in [3.8, 4) is 0 Å². The number of nitrogens with zero attached hydrogens (tertiary/aromatic N) is 5. The van der Waals surface area contributed by atoms with Crippen molar-refractivity contribution in [2.24, 2.45) is 5.92 Å². The van der Waals surface area contributed by atoms with Crippen molar-refractivity contribution in [1.29, 1.82) is 0 Å². The van der Waals surface area contributed by atoms with Crippen LogP contribution in [0.15, 0.2) is 30.6 Å². The summed E-state index contributed by atoms with van der Waals surface area (Å²) in [7, 11) is 0. The number of fused-ring (bicyclic) bond motifs is 4. The van der Waals surface area contributed by atoms with E-state index in [-0.39, 0.29) is 17.7 Å². The zero-order chi connectivity index (χ0) is 21.5. The summed E-state index contributed by atoms with van der Waals surface area (Å²) in [6, 6.07) is 4.44. The molecule has 11 heteroatoms. The number of alkyl halides is 3. The van der Waals surface area contributed by atoms with E-state index in [1.807, 2.05) is 4.90 Å². The number of amides is 2. The highest BCUT2D eigenvalue weighted by atomic mass is 19.4. The van der Waals surface area contributed by atoms with Gasteiger partial charge in [-0.1, -0.05) is 13.0 Å². The van der Waals surface area contributed by atoms with Gasteiger partial charge in [-0.3, -0.25) is 15.0 Å². The first kappa shape index (κ1) is 20.0. The highest BCUT2D eigenvalue weighted by Gasteiger charge is 2.42. The van der Waals surface area contributed by atoms with Crippen LogP contribution in [0.5, 0.6) is 0 Å². The van der Waals surface area contributed by atoms with E-state index in [4.69, 9.17) is 0 Å². The van der Waals surface area contributed by atoms with Gasteiger partial charge in [-0.15, -0.1) is 0 Å². The van der Waals surface area contributed by atoms with Crippen LogP contribution >= 0.6 is 0 Å². The molecule has 4 rings (SSSR count). The van der Waals surface area contributed by atoms with Gasteiger partial charge in [-0.05, 0) is 18.6 Å². The predicted molar refractivity (Wildman–Crippen MR) is 103 cm³/mol. The highest BCUT2D eigenvalue weighted by Crippen LogP contribution is 2.39. The molecule has 4 heterocycles. The van der Waals surface area contributed by atoms with Crippen molar-refractivity contribution in [2.45, 2.75) is 32.0 Å². The number of carbonyl (C=O) groups is 2. The molecule has 0 saturated carbocycles. The predicted octanol–water partition coefficient (Wildman–Crippen LogP) is 3.27. The molecule has 2 aliphatic heterocycles. The van der Waals surface area contributed by atoms with Crippen LogP contribution in [0.4, 0.5) is 35.3 Å². The van der Waals surface area contributed by atoms with E-state index < -0.39 is 30.3 Å². The van der Waals surface area contributed by atoms with Gasteiger partial charge in [0, 0.05) is 25.7 Å². The van der Waals surface area contributed by atoms with Gasteiger partial charge in [-0.2, -0.15) is 13.2 Å². The molecule has 2 amide bonds. The second kappa shape index (κ2) is 7.54. The number of aromatic nitrogens is 3. The molecule has 30 heavy (non-hydrogen) atoms. The van der Waals surface area contributed by atoms with Crippen molar-refractivity contribution < 1.29 is 22.8 Å². The zero-order valence-corrected chi connectivity index (χ0v) is 16.1. The maximum Gasteiger partial charge on any atom is 0.391 e. The number of halogens is 3. The summed E-state index contributed by atoms with van der Waals surface area (Å²) < 4.78 is 38.5. The first-order valence-electron chi connectivity index (χ1n) is 9.47. The fourth-order valence-electron chi connectivity index (χ4n) is 3.60. The number of anilines is 3. The Morgan fingerprint density at radius 1 is 1.30 bits per heavy atom. The quantitative estimate of drug-likeness (QED) is 0.764. The molecule has 2 atom stereocenters. The number of nitrogens with one attached hydrogen (secondary N) is 1. The van der Waals surface area contributed by atoms with Crippen molar-refractivity contribution in [1.82, 2.24) is 15.0 Å². The number of hydrogen-bond acceptors (Lipinski definition) is 6. The smallest absolute Gasteiger partial charge is 0.365 e. The minimum atomic E-state index is -4.48. The van der Waals surface area contributed by atoms with E-state index >= 15 is 0 Å². The molecule has 1 saturated heterocycles. The van der Waals surface area contributed by atoms with Gasteiger partial charge in [0.15, 0.2) is 11.6 Å². The maximum atomic E-state index is 13.0. The van der Waals surface area contributed by atoms with Gasteiger partial charge >= 0.3 is 12.2 Å². The van der Waals surface area contributed by atoms with Crippen LogP contribution in [0.1, 0.15) is 30.4 Å². The molecule has 1 N–H and O–H groups in total. The Kier molecular flexibility index (Phi) is 5.04. The molecule has 158 valence electrons. The minimum Gasteiger partial charge on any atom is -0.365 e. The summed E-state index contributed by atoms with van der Waals surface area (Å²) in [4.78, 5) is 41.0. The van der Waals surface area contributed by atoms with Crippen LogP contribution in [0.25, 0.3) is 0 Å². The monoisotopic (exact) mass is 420 g/mol. The molecule has 0 spiro atoms. The Morgan fingerprint density at radius 3 is 2.80 bits per heavy atom. The largest absolute Gasteiger partial charge is 0.391 e.